The van der Waals surface area contributed by atoms with E-state index >= 15 is 0 Å². The van der Waals surface area contributed by atoms with Gasteiger partial charge in [0.15, 0.2) is 5.16 Å². The van der Waals surface area contributed by atoms with Crippen molar-refractivity contribution in [1.82, 2.24) is 15.0 Å². The van der Waals surface area contributed by atoms with E-state index in [0.29, 0.717) is 0 Å². The Labute approximate surface area is 129 Å². The van der Waals surface area contributed by atoms with E-state index in [-0.39, 0.29) is 0 Å². The Balaban J connectivity index is 1.57. The summed E-state index contributed by atoms with van der Waals surface area (Å²) in [6, 6.07) is 13.9. The molecule has 4 aromatic rings. The van der Waals surface area contributed by atoms with E-state index in [1.54, 1.807) is 23.1 Å². The molecule has 0 unspecified atom stereocenters. The van der Waals surface area contributed by atoms with Crippen molar-refractivity contribution in [2.75, 3.05) is 5.73 Å². The molecule has 0 aliphatic heterocycles. The number of hydrogen-bond acceptors (Lipinski definition) is 5. The van der Waals surface area contributed by atoms with E-state index in [1.807, 2.05) is 36.4 Å². The van der Waals surface area contributed by atoms with Crippen LogP contribution in [0.4, 0.5) is 5.69 Å². The van der Waals surface area contributed by atoms with Crippen LogP contribution in [0.15, 0.2) is 47.6 Å². The number of nitrogen functional groups attached to an aromatic ring is 1. The molecule has 21 heavy (non-hydrogen) atoms. The second kappa shape index (κ2) is 5.05. The van der Waals surface area contributed by atoms with Gasteiger partial charge in [-0.3, -0.25) is 0 Å². The van der Waals surface area contributed by atoms with Crippen molar-refractivity contribution >= 4 is 50.0 Å². The first kappa shape index (κ1) is 12.7. The number of thioether (sulfide) groups is 1. The highest BCUT2D eigenvalue weighted by Crippen LogP contribution is 2.28. The fraction of sp³-hybridized carbons (Fsp3) is 0.0667. The molecule has 0 bridgehead atoms. The number of aromatic nitrogens is 3. The van der Waals surface area contributed by atoms with Crippen LogP contribution in [0, 0.1) is 0 Å². The number of rotatable bonds is 3. The van der Waals surface area contributed by atoms with Crippen molar-refractivity contribution in [2.45, 2.75) is 10.9 Å². The van der Waals surface area contributed by atoms with E-state index in [0.717, 1.165) is 38.2 Å². The molecular formula is C15H12N4S2. The van der Waals surface area contributed by atoms with Crippen LogP contribution < -0.4 is 5.73 Å². The zero-order valence-corrected chi connectivity index (χ0v) is 12.7. The fourth-order valence-electron chi connectivity index (χ4n) is 2.18. The summed E-state index contributed by atoms with van der Waals surface area (Å²) in [7, 11) is 0. The number of anilines is 1. The van der Waals surface area contributed by atoms with Gasteiger partial charge >= 0.3 is 0 Å². The number of hydrogen-bond donors (Lipinski definition) is 2. The van der Waals surface area contributed by atoms with Gasteiger partial charge in [-0.2, -0.15) is 0 Å². The maximum Gasteiger partial charge on any atom is 0.166 e. The third kappa shape index (κ3) is 2.48. The lowest BCUT2D eigenvalue weighted by atomic mass is 10.3. The average Bonchev–Trinajstić information content (AvgIpc) is 3.07. The lowest BCUT2D eigenvalue weighted by molar-refractivity contribution is 1.08. The van der Waals surface area contributed by atoms with Crippen molar-refractivity contribution in [3.05, 3.63) is 47.5 Å². The summed E-state index contributed by atoms with van der Waals surface area (Å²) >= 11 is 3.39. The van der Waals surface area contributed by atoms with Crippen LogP contribution in [0.5, 0.6) is 0 Å². The Morgan fingerprint density at radius 2 is 2.00 bits per heavy atom. The van der Waals surface area contributed by atoms with Crippen molar-refractivity contribution in [1.29, 1.82) is 0 Å². The van der Waals surface area contributed by atoms with E-state index < -0.39 is 0 Å². The maximum absolute atomic E-state index is 5.78. The van der Waals surface area contributed by atoms with Crippen molar-refractivity contribution in [3.8, 4) is 0 Å². The summed E-state index contributed by atoms with van der Waals surface area (Å²) in [5, 5.41) is 2.01. The lowest BCUT2D eigenvalue weighted by Crippen LogP contribution is -1.82. The van der Waals surface area contributed by atoms with E-state index in [2.05, 4.69) is 21.0 Å². The molecule has 6 heteroatoms. The topological polar surface area (TPSA) is 67.6 Å². The molecule has 0 fully saturated rings. The van der Waals surface area contributed by atoms with Gasteiger partial charge in [0.05, 0.1) is 27.0 Å². The van der Waals surface area contributed by atoms with Gasteiger partial charge < -0.3 is 10.7 Å². The monoisotopic (exact) mass is 312 g/mol. The van der Waals surface area contributed by atoms with Gasteiger partial charge in [-0.05, 0) is 30.3 Å². The summed E-state index contributed by atoms with van der Waals surface area (Å²) in [6.07, 6.45) is 0. The van der Waals surface area contributed by atoms with Crippen LogP contribution in [0.2, 0.25) is 0 Å². The third-order valence-corrected chi connectivity index (χ3v) is 5.26. The second-order valence-electron chi connectivity index (χ2n) is 4.68. The van der Waals surface area contributed by atoms with Crippen LogP contribution >= 0.6 is 23.1 Å². The van der Waals surface area contributed by atoms with Gasteiger partial charge in [-0.1, -0.05) is 23.9 Å². The van der Waals surface area contributed by atoms with E-state index in [4.69, 9.17) is 5.73 Å². The molecule has 0 amide bonds. The van der Waals surface area contributed by atoms with Gasteiger partial charge in [-0.15, -0.1) is 11.3 Å². The summed E-state index contributed by atoms with van der Waals surface area (Å²) in [4.78, 5) is 12.5. The number of nitrogens with two attached hydrogens (primary N) is 1. The van der Waals surface area contributed by atoms with Gasteiger partial charge in [-0.25, -0.2) is 9.97 Å². The third-order valence-electron chi connectivity index (χ3n) is 3.15. The Bertz CT molecular complexity index is 893. The molecule has 0 aliphatic carbocycles. The first-order valence-corrected chi connectivity index (χ1v) is 8.31. The molecule has 4 nitrogen and oxygen atoms in total. The molecule has 0 saturated heterocycles. The number of aromatic amines is 1. The van der Waals surface area contributed by atoms with E-state index in [9.17, 15) is 0 Å². The fourth-order valence-corrected chi connectivity index (χ4v) is 4.03. The zero-order valence-electron chi connectivity index (χ0n) is 11.0. The number of thiazole rings is 1. The highest BCUT2D eigenvalue weighted by Gasteiger charge is 2.07. The van der Waals surface area contributed by atoms with Crippen LogP contribution in [-0.4, -0.2) is 15.0 Å². The van der Waals surface area contributed by atoms with Gasteiger partial charge in [0.25, 0.3) is 0 Å². The minimum absolute atomic E-state index is 0.744. The molecule has 2 aromatic heterocycles. The van der Waals surface area contributed by atoms with E-state index in [1.165, 1.54) is 4.70 Å². The van der Waals surface area contributed by atoms with Crippen LogP contribution in [0.1, 0.15) is 5.01 Å². The molecule has 0 radical (unpaired) electrons. The predicted octanol–water partition coefficient (Wildman–Crippen LogP) is 4.05. The number of fused-ring (bicyclic) bond motifs is 2. The summed E-state index contributed by atoms with van der Waals surface area (Å²) < 4.78 is 1.23. The molecule has 0 aliphatic rings. The summed E-state index contributed by atoms with van der Waals surface area (Å²) in [5.41, 5.74) is 9.50. The first-order valence-electron chi connectivity index (χ1n) is 6.50. The minimum atomic E-state index is 0.744. The summed E-state index contributed by atoms with van der Waals surface area (Å²) in [5.74, 6) is 0.814. The minimum Gasteiger partial charge on any atom is -0.399 e. The Hall–Kier alpha value is -2.05. The Morgan fingerprint density at radius 3 is 2.90 bits per heavy atom. The normalized spacial score (nSPS) is 11.4. The molecule has 104 valence electrons. The number of nitrogens with one attached hydrogen (secondary N) is 1. The number of para-hydroxylation sites is 1. The number of nitrogens with zero attached hydrogens (tertiary/aromatic N) is 2. The molecule has 0 atom stereocenters. The largest absolute Gasteiger partial charge is 0.399 e. The molecule has 2 heterocycles. The van der Waals surface area contributed by atoms with Crippen molar-refractivity contribution in [2.24, 2.45) is 0 Å². The van der Waals surface area contributed by atoms with Crippen LogP contribution in [0.3, 0.4) is 0 Å². The maximum atomic E-state index is 5.78. The molecule has 0 saturated carbocycles. The average molecular weight is 312 g/mol. The van der Waals surface area contributed by atoms with Gasteiger partial charge in [0.1, 0.15) is 5.01 Å². The SMILES string of the molecule is Nc1ccc2nc(SCc3nc4ccccc4s3)[nH]c2c1. The van der Waals surface area contributed by atoms with Gasteiger partial charge in [0.2, 0.25) is 0 Å². The summed E-state index contributed by atoms with van der Waals surface area (Å²) in [6.45, 7) is 0. The number of imidazole rings is 1. The molecule has 0 spiro atoms. The molecule has 4 rings (SSSR count). The highest BCUT2D eigenvalue weighted by atomic mass is 32.2. The highest BCUT2D eigenvalue weighted by molar-refractivity contribution is 7.98. The standard InChI is InChI=1S/C15H12N4S2/c16-9-5-6-10-12(7-9)19-15(18-10)20-8-14-17-11-3-1-2-4-13(11)21-14/h1-7H,8,16H2,(H,18,19). The van der Waals surface area contributed by atoms with Crippen LogP contribution in [0.25, 0.3) is 21.3 Å². The quantitative estimate of drug-likeness (QED) is 0.442. The Morgan fingerprint density at radius 1 is 1.10 bits per heavy atom. The Kier molecular flexibility index (Phi) is 3.05. The first-order chi connectivity index (χ1) is 10.3. The van der Waals surface area contributed by atoms with Gasteiger partial charge in [0, 0.05) is 5.69 Å². The number of benzene rings is 2. The lowest BCUT2D eigenvalue weighted by Gasteiger charge is -1.92. The molecule has 2 aromatic carbocycles. The van der Waals surface area contributed by atoms with Crippen molar-refractivity contribution < 1.29 is 0 Å². The molecular weight excluding hydrogens is 300 g/mol. The molecule has 3 N–H and O–H groups in total. The predicted molar refractivity (Wildman–Crippen MR) is 89.7 cm³/mol. The van der Waals surface area contributed by atoms with Crippen LogP contribution in [-0.2, 0) is 5.75 Å². The zero-order chi connectivity index (χ0) is 14.2. The van der Waals surface area contributed by atoms with Crippen molar-refractivity contribution in [3.63, 3.8) is 0 Å². The second-order valence-corrected chi connectivity index (χ2v) is 6.76. The number of H-pyrrole nitrogens is 1. The smallest absolute Gasteiger partial charge is 0.166 e.